The lowest BCUT2D eigenvalue weighted by Crippen LogP contribution is -2.50. The highest BCUT2D eigenvalue weighted by Gasteiger charge is 2.19. The van der Waals surface area contributed by atoms with Crippen LogP contribution < -0.4 is 10.1 Å². The number of hydrogen-bond acceptors (Lipinski definition) is 2. The average molecular weight is 203 g/mol. The zero-order valence-electron chi connectivity index (χ0n) is 9.34. The number of nitrogens with one attached hydrogen (secondary N) is 1. The third-order valence-corrected chi connectivity index (χ3v) is 2.63. The van der Waals surface area contributed by atoms with Crippen LogP contribution in [0.15, 0.2) is 24.8 Å². The molecule has 1 aromatic rings. The van der Waals surface area contributed by atoms with Crippen LogP contribution in [0.1, 0.15) is 18.1 Å². The van der Waals surface area contributed by atoms with Gasteiger partial charge in [0.1, 0.15) is 11.9 Å². The number of benzene rings is 1. The van der Waals surface area contributed by atoms with Gasteiger partial charge in [0.15, 0.2) is 0 Å². The van der Waals surface area contributed by atoms with Gasteiger partial charge in [0.2, 0.25) is 0 Å². The Morgan fingerprint density at radius 2 is 2.20 bits per heavy atom. The van der Waals surface area contributed by atoms with Gasteiger partial charge in [0, 0.05) is 18.7 Å². The van der Waals surface area contributed by atoms with Crippen molar-refractivity contribution in [3.8, 4) is 5.75 Å². The van der Waals surface area contributed by atoms with Gasteiger partial charge in [-0.05, 0) is 31.6 Å². The smallest absolute Gasteiger partial charge is 0.127 e. The monoisotopic (exact) mass is 203 g/mol. The molecule has 0 amide bonds. The van der Waals surface area contributed by atoms with Gasteiger partial charge in [-0.3, -0.25) is 0 Å². The first-order valence-electron chi connectivity index (χ1n) is 5.31. The summed E-state index contributed by atoms with van der Waals surface area (Å²) < 4.78 is 5.87. The van der Waals surface area contributed by atoms with Gasteiger partial charge in [-0.1, -0.05) is 18.2 Å². The standard InChI is InChI=1S/C13H17NO/c1-9(2)12-6-10(3)4-5-13(12)15-11-7-14-8-11/h4-6,11,14H,1,7-8H2,2-3H3. The molecule has 0 spiro atoms. The Balaban J connectivity index is 2.23. The van der Waals surface area contributed by atoms with Crippen molar-refractivity contribution >= 4 is 5.57 Å². The molecule has 1 saturated heterocycles. The summed E-state index contributed by atoms with van der Waals surface area (Å²) in [6.07, 6.45) is 0.325. The summed E-state index contributed by atoms with van der Waals surface area (Å²) in [6, 6.07) is 6.25. The van der Waals surface area contributed by atoms with Crippen molar-refractivity contribution in [2.75, 3.05) is 13.1 Å². The minimum atomic E-state index is 0.325. The highest BCUT2D eigenvalue weighted by atomic mass is 16.5. The Bertz CT molecular complexity index is 380. The second-order valence-electron chi connectivity index (χ2n) is 4.18. The highest BCUT2D eigenvalue weighted by molar-refractivity contribution is 5.67. The van der Waals surface area contributed by atoms with E-state index in [2.05, 4.69) is 31.0 Å². The van der Waals surface area contributed by atoms with Gasteiger partial charge < -0.3 is 10.1 Å². The van der Waals surface area contributed by atoms with E-state index in [1.807, 2.05) is 13.0 Å². The molecule has 0 aliphatic carbocycles. The third kappa shape index (κ3) is 2.21. The molecule has 0 saturated carbocycles. The molecule has 0 aromatic heterocycles. The molecular formula is C13H17NO. The van der Waals surface area contributed by atoms with E-state index < -0.39 is 0 Å². The molecule has 1 aromatic carbocycles. The molecule has 0 radical (unpaired) electrons. The summed E-state index contributed by atoms with van der Waals surface area (Å²) in [5.74, 6) is 0.958. The van der Waals surface area contributed by atoms with E-state index in [0.717, 1.165) is 30.0 Å². The van der Waals surface area contributed by atoms with E-state index in [9.17, 15) is 0 Å². The SMILES string of the molecule is C=C(C)c1cc(C)ccc1OC1CNC1. The van der Waals surface area contributed by atoms with Crippen molar-refractivity contribution in [3.63, 3.8) is 0 Å². The number of aryl methyl sites for hydroxylation is 1. The van der Waals surface area contributed by atoms with Crippen molar-refractivity contribution in [1.82, 2.24) is 5.32 Å². The molecule has 0 atom stereocenters. The number of hydrogen-bond donors (Lipinski definition) is 1. The molecule has 0 unspecified atom stereocenters. The van der Waals surface area contributed by atoms with Crippen LogP contribution in [0, 0.1) is 6.92 Å². The van der Waals surface area contributed by atoms with Crippen LogP contribution in [0.3, 0.4) is 0 Å². The second-order valence-corrected chi connectivity index (χ2v) is 4.18. The van der Waals surface area contributed by atoms with Crippen LogP contribution in [0.5, 0.6) is 5.75 Å². The molecular weight excluding hydrogens is 186 g/mol. The summed E-state index contributed by atoms with van der Waals surface area (Å²) >= 11 is 0. The molecule has 2 heteroatoms. The third-order valence-electron chi connectivity index (χ3n) is 2.63. The highest BCUT2D eigenvalue weighted by Crippen LogP contribution is 2.27. The van der Waals surface area contributed by atoms with E-state index in [4.69, 9.17) is 4.74 Å². The molecule has 1 N–H and O–H groups in total. The van der Waals surface area contributed by atoms with Crippen molar-refractivity contribution in [1.29, 1.82) is 0 Å². The van der Waals surface area contributed by atoms with Gasteiger partial charge in [0.25, 0.3) is 0 Å². The number of ether oxygens (including phenoxy) is 1. The summed E-state index contributed by atoms with van der Waals surface area (Å²) in [4.78, 5) is 0. The fourth-order valence-corrected chi connectivity index (χ4v) is 1.61. The van der Waals surface area contributed by atoms with Gasteiger partial charge in [0.05, 0.1) is 0 Å². The molecule has 1 aliphatic rings. The summed E-state index contributed by atoms with van der Waals surface area (Å²) in [5, 5.41) is 3.19. The summed E-state index contributed by atoms with van der Waals surface area (Å²) in [7, 11) is 0. The van der Waals surface area contributed by atoms with Crippen molar-refractivity contribution in [2.45, 2.75) is 20.0 Å². The molecule has 80 valence electrons. The minimum absolute atomic E-state index is 0.325. The molecule has 2 rings (SSSR count). The Morgan fingerprint density at radius 3 is 2.73 bits per heavy atom. The van der Waals surface area contributed by atoms with Crippen LogP contribution in [-0.4, -0.2) is 19.2 Å². The zero-order valence-corrected chi connectivity index (χ0v) is 9.34. The predicted molar refractivity (Wildman–Crippen MR) is 63.2 cm³/mol. The minimum Gasteiger partial charge on any atom is -0.487 e. The Hall–Kier alpha value is -1.28. The largest absolute Gasteiger partial charge is 0.487 e. The van der Waals surface area contributed by atoms with E-state index >= 15 is 0 Å². The molecule has 1 fully saturated rings. The lowest BCUT2D eigenvalue weighted by molar-refractivity contribution is 0.142. The van der Waals surface area contributed by atoms with E-state index in [0.29, 0.717) is 6.10 Å². The lowest BCUT2D eigenvalue weighted by Gasteiger charge is -2.29. The van der Waals surface area contributed by atoms with Crippen molar-refractivity contribution in [2.24, 2.45) is 0 Å². The molecule has 2 nitrogen and oxygen atoms in total. The number of rotatable bonds is 3. The first kappa shape index (κ1) is 10.2. The van der Waals surface area contributed by atoms with Gasteiger partial charge in [-0.2, -0.15) is 0 Å². The normalized spacial score (nSPS) is 15.9. The van der Waals surface area contributed by atoms with Gasteiger partial charge in [-0.25, -0.2) is 0 Å². The first-order chi connectivity index (χ1) is 7.16. The maximum atomic E-state index is 5.87. The molecule has 0 bridgehead atoms. The second kappa shape index (κ2) is 4.07. The Labute approximate surface area is 91.0 Å². The van der Waals surface area contributed by atoms with Gasteiger partial charge in [-0.15, -0.1) is 0 Å². The van der Waals surface area contributed by atoms with Crippen LogP contribution >= 0.6 is 0 Å². The average Bonchev–Trinajstić information content (AvgIpc) is 2.12. The van der Waals surface area contributed by atoms with Crippen LogP contribution in [0.4, 0.5) is 0 Å². The Kier molecular flexibility index (Phi) is 2.78. The zero-order chi connectivity index (χ0) is 10.8. The quantitative estimate of drug-likeness (QED) is 0.814. The topological polar surface area (TPSA) is 21.3 Å². The van der Waals surface area contributed by atoms with Crippen LogP contribution in [0.2, 0.25) is 0 Å². The Morgan fingerprint density at radius 1 is 1.47 bits per heavy atom. The predicted octanol–water partition coefficient (Wildman–Crippen LogP) is 2.38. The van der Waals surface area contributed by atoms with Crippen LogP contribution in [0.25, 0.3) is 5.57 Å². The fraction of sp³-hybridized carbons (Fsp3) is 0.385. The fourth-order valence-electron chi connectivity index (χ4n) is 1.61. The maximum absolute atomic E-state index is 5.87. The van der Waals surface area contributed by atoms with E-state index in [-0.39, 0.29) is 0 Å². The molecule has 1 aliphatic heterocycles. The summed E-state index contributed by atoms with van der Waals surface area (Å²) in [6.45, 7) is 9.98. The number of allylic oxidation sites excluding steroid dienone is 1. The van der Waals surface area contributed by atoms with E-state index in [1.54, 1.807) is 0 Å². The maximum Gasteiger partial charge on any atom is 0.127 e. The molecule has 15 heavy (non-hydrogen) atoms. The van der Waals surface area contributed by atoms with Crippen LogP contribution in [-0.2, 0) is 0 Å². The molecule has 1 heterocycles. The first-order valence-corrected chi connectivity index (χ1v) is 5.31. The summed E-state index contributed by atoms with van der Waals surface area (Å²) in [5.41, 5.74) is 3.43. The van der Waals surface area contributed by atoms with Crippen molar-refractivity contribution in [3.05, 3.63) is 35.9 Å². The van der Waals surface area contributed by atoms with Gasteiger partial charge >= 0.3 is 0 Å². The van der Waals surface area contributed by atoms with E-state index in [1.165, 1.54) is 5.56 Å². The lowest BCUT2D eigenvalue weighted by atomic mass is 10.0. The van der Waals surface area contributed by atoms with Crippen molar-refractivity contribution < 1.29 is 4.74 Å².